The van der Waals surface area contributed by atoms with Gasteiger partial charge < -0.3 is 4.74 Å². The zero-order chi connectivity index (χ0) is 6.69. The van der Waals surface area contributed by atoms with E-state index in [2.05, 4.69) is 10.3 Å². The van der Waals surface area contributed by atoms with Crippen LogP contribution in [0.3, 0.4) is 0 Å². The highest BCUT2D eigenvalue weighted by Crippen LogP contribution is 1.91. The van der Waals surface area contributed by atoms with Gasteiger partial charge >= 0.3 is 0 Å². The summed E-state index contributed by atoms with van der Waals surface area (Å²) in [7, 11) is 3.46. The minimum absolute atomic E-state index is 0.536. The van der Waals surface area contributed by atoms with Gasteiger partial charge in [-0.15, -0.1) is 5.10 Å². The second-order valence-electron chi connectivity index (χ2n) is 1.82. The van der Waals surface area contributed by atoms with E-state index in [1.807, 2.05) is 13.2 Å². The van der Waals surface area contributed by atoms with E-state index < -0.39 is 0 Å². The second-order valence-corrected chi connectivity index (χ2v) is 1.82. The smallest absolute Gasteiger partial charge is 0.108 e. The average Bonchev–Trinajstić information content (AvgIpc) is 2.17. The molecule has 1 aromatic heterocycles. The third-order valence-corrected chi connectivity index (χ3v) is 0.942. The lowest BCUT2D eigenvalue weighted by Gasteiger charge is -1.87. The number of hydrogen-bond donors (Lipinski definition) is 0. The van der Waals surface area contributed by atoms with Crippen LogP contribution >= 0.6 is 0 Å². The number of methoxy groups -OCH3 is 1. The maximum Gasteiger partial charge on any atom is 0.108 e. The van der Waals surface area contributed by atoms with Crippen molar-refractivity contribution in [3.05, 3.63) is 11.9 Å². The molecule has 0 aromatic carbocycles. The van der Waals surface area contributed by atoms with Crippen molar-refractivity contribution in [1.29, 1.82) is 0 Å². The van der Waals surface area contributed by atoms with Gasteiger partial charge in [0.1, 0.15) is 5.69 Å². The highest BCUT2D eigenvalue weighted by molar-refractivity contribution is 4.88. The molecule has 0 saturated carbocycles. The summed E-state index contributed by atoms with van der Waals surface area (Å²) in [6.45, 7) is 0.536. The molecule has 0 saturated heterocycles. The topological polar surface area (TPSA) is 39.9 Å². The predicted molar refractivity (Wildman–Crippen MR) is 31.7 cm³/mol. The van der Waals surface area contributed by atoms with E-state index in [1.165, 1.54) is 0 Å². The molecule has 0 fully saturated rings. The van der Waals surface area contributed by atoms with Gasteiger partial charge in [0.2, 0.25) is 0 Å². The largest absolute Gasteiger partial charge is 0.378 e. The van der Waals surface area contributed by atoms with E-state index >= 15 is 0 Å². The molecule has 0 amide bonds. The summed E-state index contributed by atoms with van der Waals surface area (Å²) < 4.78 is 6.47. The SMILES string of the molecule is COCc1cn(C)nn1. The summed E-state index contributed by atoms with van der Waals surface area (Å²) in [6, 6.07) is 0. The van der Waals surface area contributed by atoms with Crippen molar-refractivity contribution in [2.24, 2.45) is 7.05 Å². The summed E-state index contributed by atoms with van der Waals surface area (Å²) in [5, 5.41) is 7.52. The van der Waals surface area contributed by atoms with Crippen molar-refractivity contribution in [2.75, 3.05) is 7.11 Å². The Balaban J connectivity index is 2.61. The van der Waals surface area contributed by atoms with Gasteiger partial charge in [0.25, 0.3) is 0 Å². The highest BCUT2D eigenvalue weighted by Gasteiger charge is 1.93. The Morgan fingerprint density at radius 3 is 3.00 bits per heavy atom. The second kappa shape index (κ2) is 2.59. The Bertz CT molecular complexity index is 184. The Hall–Kier alpha value is -0.900. The first kappa shape index (κ1) is 6.22. The monoisotopic (exact) mass is 127 g/mol. The predicted octanol–water partition coefficient (Wildman–Crippen LogP) is -0.0385. The van der Waals surface area contributed by atoms with Crippen molar-refractivity contribution in [3.63, 3.8) is 0 Å². The lowest BCUT2D eigenvalue weighted by atomic mass is 10.5. The van der Waals surface area contributed by atoms with E-state index in [0.717, 1.165) is 5.69 Å². The molecule has 50 valence electrons. The molecule has 0 aliphatic rings. The number of rotatable bonds is 2. The van der Waals surface area contributed by atoms with Gasteiger partial charge in [0, 0.05) is 14.2 Å². The lowest BCUT2D eigenvalue weighted by Crippen LogP contribution is -1.85. The minimum Gasteiger partial charge on any atom is -0.378 e. The normalized spacial score (nSPS) is 10.0. The first-order chi connectivity index (χ1) is 4.33. The van der Waals surface area contributed by atoms with Gasteiger partial charge in [-0.05, 0) is 0 Å². The Kier molecular flexibility index (Phi) is 1.79. The van der Waals surface area contributed by atoms with E-state index in [9.17, 15) is 0 Å². The molecular formula is C5H9N3O. The van der Waals surface area contributed by atoms with Crippen molar-refractivity contribution in [1.82, 2.24) is 15.0 Å². The maximum atomic E-state index is 4.83. The van der Waals surface area contributed by atoms with Crippen molar-refractivity contribution in [2.45, 2.75) is 6.61 Å². The molecular weight excluding hydrogens is 118 g/mol. The van der Waals surface area contributed by atoms with Crippen LogP contribution in [0.1, 0.15) is 5.69 Å². The molecule has 1 aromatic rings. The number of aromatic nitrogens is 3. The molecule has 9 heavy (non-hydrogen) atoms. The molecule has 0 spiro atoms. The summed E-state index contributed by atoms with van der Waals surface area (Å²) in [4.78, 5) is 0. The van der Waals surface area contributed by atoms with E-state index in [4.69, 9.17) is 4.74 Å². The molecule has 0 aliphatic carbocycles. The Morgan fingerprint density at radius 2 is 2.56 bits per heavy atom. The van der Waals surface area contributed by atoms with Crippen LogP contribution < -0.4 is 0 Å². The van der Waals surface area contributed by atoms with Gasteiger partial charge in [0.05, 0.1) is 12.8 Å². The average molecular weight is 127 g/mol. The van der Waals surface area contributed by atoms with Crippen LogP contribution in [0, 0.1) is 0 Å². The van der Waals surface area contributed by atoms with Gasteiger partial charge in [0.15, 0.2) is 0 Å². The van der Waals surface area contributed by atoms with Crippen LogP contribution in [-0.4, -0.2) is 22.1 Å². The van der Waals surface area contributed by atoms with Crippen LogP contribution in [0.4, 0.5) is 0 Å². The van der Waals surface area contributed by atoms with Crippen molar-refractivity contribution < 1.29 is 4.74 Å². The lowest BCUT2D eigenvalue weighted by molar-refractivity contribution is 0.181. The zero-order valence-corrected chi connectivity index (χ0v) is 5.53. The standard InChI is InChI=1S/C5H9N3O/c1-8-3-5(4-9-2)6-7-8/h3H,4H2,1-2H3. The third kappa shape index (κ3) is 1.50. The van der Waals surface area contributed by atoms with Crippen LogP contribution in [0.25, 0.3) is 0 Å². The first-order valence-electron chi connectivity index (χ1n) is 2.67. The van der Waals surface area contributed by atoms with Crippen LogP contribution in [0.5, 0.6) is 0 Å². The number of hydrogen-bond acceptors (Lipinski definition) is 3. The molecule has 4 nitrogen and oxygen atoms in total. The number of aryl methyl sites for hydroxylation is 1. The van der Waals surface area contributed by atoms with E-state index in [-0.39, 0.29) is 0 Å². The maximum absolute atomic E-state index is 4.83. The fourth-order valence-corrected chi connectivity index (χ4v) is 0.609. The van der Waals surface area contributed by atoms with Crippen LogP contribution in [-0.2, 0) is 18.4 Å². The summed E-state index contributed by atoms with van der Waals surface area (Å²) >= 11 is 0. The molecule has 1 rings (SSSR count). The fraction of sp³-hybridized carbons (Fsp3) is 0.600. The van der Waals surface area contributed by atoms with Crippen LogP contribution in [0.2, 0.25) is 0 Å². The fourth-order valence-electron chi connectivity index (χ4n) is 0.609. The highest BCUT2D eigenvalue weighted by atomic mass is 16.5. The Morgan fingerprint density at radius 1 is 1.78 bits per heavy atom. The first-order valence-corrected chi connectivity index (χ1v) is 2.67. The van der Waals surface area contributed by atoms with E-state index in [1.54, 1.807) is 11.8 Å². The van der Waals surface area contributed by atoms with Gasteiger partial charge in [-0.3, -0.25) is 4.68 Å². The molecule has 0 aliphatic heterocycles. The number of nitrogens with zero attached hydrogens (tertiary/aromatic N) is 3. The molecule has 0 bridgehead atoms. The summed E-state index contributed by atoms with van der Waals surface area (Å²) in [6.07, 6.45) is 1.82. The Labute approximate surface area is 53.4 Å². The van der Waals surface area contributed by atoms with Crippen molar-refractivity contribution in [3.8, 4) is 0 Å². The third-order valence-electron chi connectivity index (χ3n) is 0.942. The summed E-state index contributed by atoms with van der Waals surface area (Å²) in [5.41, 5.74) is 0.861. The zero-order valence-electron chi connectivity index (χ0n) is 5.53. The molecule has 0 atom stereocenters. The molecule has 4 heteroatoms. The number of ether oxygens (including phenoxy) is 1. The van der Waals surface area contributed by atoms with Crippen LogP contribution in [0.15, 0.2) is 6.20 Å². The van der Waals surface area contributed by atoms with Gasteiger partial charge in [-0.2, -0.15) is 0 Å². The molecule has 1 heterocycles. The molecule has 0 unspecified atom stereocenters. The van der Waals surface area contributed by atoms with Gasteiger partial charge in [-0.25, -0.2) is 0 Å². The molecule has 0 radical (unpaired) electrons. The minimum atomic E-state index is 0.536. The van der Waals surface area contributed by atoms with E-state index in [0.29, 0.717) is 6.61 Å². The van der Waals surface area contributed by atoms with Gasteiger partial charge in [-0.1, -0.05) is 5.21 Å². The summed E-state index contributed by atoms with van der Waals surface area (Å²) in [5.74, 6) is 0. The van der Waals surface area contributed by atoms with Crippen molar-refractivity contribution >= 4 is 0 Å². The quantitative estimate of drug-likeness (QED) is 0.559. The molecule has 0 N–H and O–H groups in total.